The van der Waals surface area contributed by atoms with E-state index >= 15 is 0 Å². The molecular weight excluding hydrogens is 458 g/mol. The van der Waals surface area contributed by atoms with Crippen molar-refractivity contribution < 1.29 is 36.9 Å². The minimum absolute atomic E-state index is 0.182. The van der Waals surface area contributed by atoms with Crippen LogP contribution in [0.4, 0.5) is 13.2 Å². The topological polar surface area (TPSA) is 132 Å². The number of carbonyl (C=O) groups is 1. The maximum absolute atomic E-state index is 14.0. The normalized spacial score (nSPS) is 23.9. The van der Waals surface area contributed by atoms with E-state index in [9.17, 15) is 32.7 Å². The summed E-state index contributed by atoms with van der Waals surface area (Å²) in [4.78, 5) is 35.5. The standard InChI is InChI=1S/C18H19F3N3O7P/c19-12-9-24(17(28)23-14(12)27)15-13(26)8-18(30-15,16(20)21)10-29-32(22-6-7-25)31-11-4-2-1-3-5-11/h1-5,7,9,13,15-16,22,26H,6,8,10H2,(H,23,27,28). The quantitative estimate of drug-likeness (QED) is 0.342. The summed E-state index contributed by atoms with van der Waals surface area (Å²) in [5.41, 5.74) is -4.82. The number of aromatic amines is 1. The molecule has 0 saturated carbocycles. The monoisotopic (exact) mass is 477 g/mol. The van der Waals surface area contributed by atoms with E-state index < -0.39 is 63.0 Å². The molecule has 0 aliphatic carbocycles. The molecule has 0 radical (unpaired) electrons. The van der Waals surface area contributed by atoms with E-state index in [1.54, 1.807) is 35.3 Å². The Morgan fingerprint density at radius 2 is 2.09 bits per heavy atom. The Morgan fingerprint density at radius 1 is 1.38 bits per heavy atom. The number of carbonyl (C=O) groups excluding carboxylic acids is 1. The number of H-pyrrole nitrogens is 1. The summed E-state index contributed by atoms with van der Waals surface area (Å²) < 4.78 is 58.4. The van der Waals surface area contributed by atoms with E-state index in [1.165, 1.54) is 0 Å². The van der Waals surface area contributed by atoms with Gasteiger partial charge in [0.05, 0.1) is 19.3 Å². The second kappa shape index (κ2) is 10.4. The highest BCUT2D eigenvalue weighted by Crippen LogP contribution is 2.44. The number of nitrogens with zero attached hydrogens (tertiary/aromatic N) is 1. The van der Waals surface area contributed by atoms with E-state index in [2.05, 4.69) is 5.09 Å². The van der Waals surface area contributed by atoms with Crippen LogP contribution in [-0.4, -0.2) is 52.2 Å². The van der Waals surface area contributed by atoms with Gasteiger partial charge in [-0.25, -0.2) is 18.7 Å². The van der Waals surface area contributed by atoms with Gasteiger partial charge in [-0.15, -0.1) is 0 Å². The maximum Gasteiger partial charge on any atom is 0.330 e. The molecule has 1 aromatic carbocycles. The highest BCUT2D eigenvalue weighted by atomic mass is 31.2. The zero-order valence-electron chi connectivity index (χ0n) is 16.3. The minimum atomic E-state index is -3.18. The highest BCUT2D eigenvalue weighted by molar-refractivity contribution is 7.45. The smallest absolute Gasteiger partial charge is 0.330 e. The highest BCUT2D eigenvalue weighted by Gasteiger charge is 2.54. The lowest BCUT2D eigenvalue weighted by atomic mass is 10.0. The molecule has 0 bridgehead atoms. The summed E-state index contributed by atoms with van der Waals surface area (Å²) in [5, 5.41) is 12.9. The number of nitrogens with one attached hydrogen (secondary N) is 2. The van der Waals surface area contributed by atoms with Gasteiger partial charge in [-0.1, -0.05) is 18.2 Å². The molecule has 4 unspecified atom stereocenters. The number of aliphatic hydroxyl groups is 1. The number of rotatable bonds is 10. The van der Waals surface area contributed by atoms with Crippen molar-refractivity contribution in [3.63, 3.8) is 0 Å². The third-order valence-corrected chi connectivity index (χ3v) is 5.68. The first-order valence-electron chi connectivity index (χ1n) is 9.24. The molecule has 1 aromatic heterocycles. The average molecular weight is 477 g/mol. The Bertz CT molecular complexity index is 1040. The molecule has 3 N–H and O–H groups in total. The second-order valence-electron chi connectivity index (χ2n) is 6.75. The van der Waals surface area contributed by atoms with Gasteiger partial charge in [-0.05, 0) is 12.1 Å². The number of alkyl halides is 2. The summed E-state index contributed by atoms with van der Waals surface area (Å²) in [7, 11) is -2.07. The van der Waals surface area contributed by atoms with Crippen molar-refractivity contribution in [2.75, 3.05) is 13.2 Å². The van der Waals surface area contributed by atoms with E-state index in [0.29, 0.717) is 22.8 Å². The van der Waals surface area contributed by atoms with Crippen molar-refractivity contribution in [3.05, 3.63) is 63.2 Å². The molecule has 1 fully saturated rings. The van der Waals surface area contributed by atoms with Crippen molar-refractivity contribution in [3.8, 4) is 5.75 Å². The number of para-hydroxylation sites is 1. The third kappa shape index (κ3) is 5.43. The van der Waals surface area contributed by atoms with Crippen molar-refractivity contribution in [1.82, 2.24) is 14.6 Å². The zero-order valence-corrected chi connectivity index (χ0v) is 17.2. The van der Waals surface area contributed by atoms with Gasteiger partial charge in [0.15, 0.2) is 11.8 Å². The Kier molecular flexibility index (Phi) is 7.80. The Hall–Kier alpha value is -2.57. The van der Waals surface area contributed by atoms with Gasteiger partial charge < -0.3 is 23.7 Å². The van der Waals surface area contributed by atoms with Crippen molar-refractivity contribution in [2.24, 2.45) is 0 Å². The summed E-state index contributed by atoms with van der Waals surface area (Å²) in [6.07, 6.45) is -6.18. The van der Waals surface area contributed by atoms with Crippen LogP contribution in [0.3, 0.4) is 0 Å². The van der Waals surface area contributed by atoms with E-state index in [1.807, 2.05) is 0 Å². The molecule has 14 heteroatoms. The predicted octanol–water partition coefficient (Wildman–Crippen LogP) is 1.07. The summed E-state index contributed by atoms with van der Waals surface area (Å²) in [6.45, 7) is -0.971. The van der Waals surface area contributed by atoms with Crippen LogP contribution in [0.2, 0.25) is 0 Å². The van der Waals surface area contributed by atoms with Crippen LogP contribution in [0.1, 0.15) is 12.6 Å². The number of aldehydes is 1. The fraction of sp³-hybridized carbons (Fsp3) is 0.389. The van der Waals surface area contributed by atoms with Crippen LogP contribution < -0.4 is 20.9 Å². The average Bonchev–Trinajstić information content (AvgIpc) is 3.11. The summed E-state index contributed by atoms with van der Waals surface area (Å²) in [6, 6.07) is 8.26. The number of benzene rings is 1. The molecule has 2 heterocycles. The number of aliphatic hydroxyl groups excluding tert-OH is 1. The van der Waals surface area contributed by atoms with Crippen LogP contribution in [0.15, 0.2) is 46.1 Å². The van der Waals surface area contributed by atoms with Crippen molar-refractivity contribution in [1.29, 1.82) is 0 Å². The molecule has 1 aliphatic heterocycles. The molecule has 32 heavy (non-hydrogen) atoms. The first kappa shape index (κ1) is 24.1. The van der Waals surface area contributed by atoms with Crippen LogP contribution in [0.25, 0.3) is 0 Å². The van der Waals surface area contributed by atoms with Crippen molar-refractivity contribution in [2.45, 2.75) is 30.8 Å². The van der Waals surface area contributed by atoms with Gasteiger partial charge in [0, 0.05) is 6.42 Å². The fourth-order valence-electron chi connectivity index (χ4n) is 2.97. The number of ether oxygens (including phenoxy) is 1. The Morgan fingerprint density at radius 3 is 2.75 bits per heavy atom. The third-order valence-electron chi connectivity index (χ3n) is 4.50. The molecule has 1 aliphatic rings. The van der Waals surface area contributed by atoms with Gasteiger partial charge >= 0.3 is 14.2 Å². The number of aromatic nitrogens is 2. The Balaban J connectivity index is 1.79. The zero-order chi connectivity index (χ0) is 23.3. The maximum atomic E-state index is 14.0. The van der Waals surface area contributed by atoms with Gasteiger partial charge in [-0.3, -0.25) is 14.3 Å². The van der Waals surface area contributed by atoms with E-state index in [4.69, 9.17) is 13.8 Å². The van der Waals surface area contributed by atoms with Crippen molar-refractivity contribution >= 4 is 14.8 Å². The van der Waals surface area contributed by atoms with Crippen LogP contribution in [-0.2, 0) is 14.1 Å². The molecular formula is C18H19F3N3O7P. The molecule has 174 valence electrons. The second-order valence-corrected chi connectivity index (χ2v) is 8.02. The van der Waals surface area contributed by atoms with E-state index in [-0.39, 0.29) is 6.54 Å². The molecule has 10 nitrogen and oxygen atoms in total. The first-order chi connectivity index (χ1) is 15.3. The van der Waals surface area contributed by atoms with Gasteiger partial charge in [-0.2, -0.15) is 4.39 Å². The SMILES string of the molecule is O=CCNP(OCC1(C(F)F)CC(O)C(n2cc(F)c(=O)[nH]c2=O)O1)Oc1ccccc1. The van der Waals surface area contributed by atoms with Gasteiger partial charge in [0.1, 0.15) is 18.1 Å². The summed E-state index contributed by atoms with van der Waals surface area (Å²) in [5.74, 6) is -1.01. The van der Waals surface area contributed by atoms with Crippen LogP contribution in [0, 0.1) is 5.82 Å². The molecule has 0 amide bonds. The van der Waals surface area contributed by atoms with Gasteiger partial charge in [0.2, 0.25) is 5.82 Å². The van der Waals surface area contributed by atoms with Gasteiger partial charge in [0.25, 0.3) is 12.0 Å². The molecule has 0 spiro atoms. The first-order valence-corrected chi connectivity index (χ1v) is 10.4. The largest absolute Gasteiger partial charge is 0.436 e. The number of hydrogen-bond acceptors (Lipinski definition) is 8. The predicted molar refractivity (Wildman–Crippen MR) is 105 cm³/mol. The Labute approximate surface area is 179 Å². The molecule has 1 saturated heterocycles. The lowest BCUT2D eigenvalue weighted by Gasteiger charge is -2.29. The van der Waals surface area contributed by atoms with Crippen LogP contribution in [0.5, 0.6) is 5.75 Å². The van der Waals surface area contributed by atoms with E-state index in [0.717, 1.165) is 0 Å². The lowest BCUT2D eigenvalue weighted by Crippen LogP contribution is -2.43. The fourth-order valence-corrected chi connectivity index (χ4v) is 4.05. The van der Waals surface area contributed by atoms with Crippen LogP contribution >= 0.6 is 8.53 Å². The number of hydrogen-bond donors (Lipinski definition) is 3. The summed E-state index contributed by atoms with van der Waals surface area (Å²) >= 11 is 0. The molecule has 3 rings (SSSR count). The lowest BCUT2D eigenvalue weighted by molar-refractivity contribution is -0.169. The minimum Gasteiger partial charge on any atom is -0.436 e. The number of halogens is 3. The molecule has 2 aromatic rings. The molecule has 4 atom stereocenters.